The third kappa shape index (κ3) is 6.36. The molecular formula is C29H26N4O3. The van der Waals surface area contributed by atoms with Crippen LogP contribution >= 0.6 is 0 Å². The number of anilines is 4. The van der Waals surface area contributed by atoms with Crippen molar-refractivity contribution in [2.45, 2.75) is 6.42 Å². The second-order valence-electron chi connectivity index (χ2n) is 8.21. The Bertz CT molecular complexity index is 1290. The van der Waals surface area contributed by atoms with Gasteiger partial charge in [-0.3, -0.25) is 14.4 Å². The van der Waals surface area contributed by atoms with E-state index in [0.29, 0.717) is 28.3 Å². The Balaban J connectivity index is 1.49. The molecule has 0 aliphatic rings. The van der Waals surface area contributed by atoms with Crippen molar-refractivity contribution in [1.29, 1.82) is 0 Å². The van der Waals surface area contributed by atoms with E-state index in [1.807, 2.05) is 36.4 Å². The molecular weight excluding hydrogens is 452 g/mol. The zero-order chi connectivity index (χ0) is 25.3. The van der Waals surface area contributed by atoms with Crippen LogP contribution in [0, 0.1) is 5.92 Å². The van der Waals surface area contributed by atoms with Crippen LogP contribution in [0.15, 0.2) is 109 Å². The number of hydrogen-bond acceptors (Lipinski definition) is 4. The number of benzene rings is 4. The molecule has 0 aliphatic carbocycles. The fraction of sp³-hybridized carbons (Fsp3) is 0.0690. The standard InChI is InChI=1S/C29H26N4O3/c30-25-13-7-8-14-26(25)33-27(34)21-17-15-20(16-18-21)19-24(28(35)31-22-9-3-1-4-10-22)29(36)32-23-11-5-2-6-12-23/h1-18,24H,19,30H2,(H,31,35)(H,32,36)(H,33,34). The smallest absolute Gasteiger partial charge is 0.255 e. The zero-order valence-electron chi connectivity index (χ0n) is 19.5. The van der Waals surface area contributed by atoms with Crippen LogP contribution in [-0.4, -0.2) is 17.7 Å². The Labute approximate surface area is 209 Å². The number of nitrogens with one attached hydrogen (secondary N) is 3. The second-order valence-corrected chi connectivity index (χ2v) is 8.21. The van der Waals surface area contributed by atoms with E-state index in [1.165, 1.54) is 0 Å². The van der Waals surface area contributed by atoms with E-state index >= 15 is 0 Å². The summed E-state index contributed by atoms with van der Waals surface area (Å²) in [5.74, 6) is -2.14. The summed E-state index contributed by atoms with van der Waals surface area (Å²) in [5, 5.41) is 8.42. The molecule has 0 unspecified atom stereocenters. The van der Waals surface area contributed by atoms with Gasteiger partial charge < -0.3 is 21.7 Å². The van der Waals surface area contributed by atoms with Gasteiger partial charge in [-0.05, 0) is 60.5 Å². The number of hydrogen-bond donors (Lipinski definition) is 4. The highest BCUT2D eigenvalue weighted by Gasteiger charge is 2.27. The van der Waals surface area contributed by atoms with Gasteiger partial charge in [0.1, 0.15) is 5.92 Å². The molecule has 0 atom stereocenters. The summed E-state index contributed by atoms with van der Waals surface area (Å²) < 4.78 is 0. The van der Waals surface area contributed by atoms with Crippen LogP contribution in [0.1, 0.15) is 15.9 Å². The number of amides is 3. The fourth-order valence-corrected chi connectivity index (χ4v) is 3.64. The lowest BCUT2D eigenvalue weighted by Gasteiger charge is -2.17. The summed E-state index contributed by atoms with van der Waals surface area (Å²) in [6.07, 6.45) is 0.158. The number of carbonyl (C=O) groups excluding carboxylic acids is 3. The predicted molar refractivity (Wildman–Crippen MR) is 143 cm³/mol. The lowest BCUT2D eigenvalue weighted by atomic mass is 9.96. The SMILES string of the molecule is Nc1ccccc1NC(=O)c1ccc(CC(C(=O)Nc2ccccc2)C(=O)Nc2ccccc2)cc1. The van der Waals surface area contributed by atoms with E-state index in [4.69, 9.17) is 5.73 Å². The maximum absolute atomic E-state index is 13.1. The van der Waals surface area contributed by atoms with Gasteiger partial charge in [-0.15, -0.1) is 0 Å². The van der Waals surface area contributed by atoms with Crippen molar-refractivity contribution in [3.8, 4) is 0 Å². The molecule has 180 valence electrons. The molecule has 0 aliphatic heterocycles. The summed E-state index contributed by atoms with van der Waals surface area (Å²) in [4.78, 5) is 38.8. The number of nitrogens with two attached hydrogens (primary N) is 1. The van der Waals surface area contributed by atoms with Crippen LogP contribution in [0.4, 0.5) is 22.7 Å². The second kappa shape index (κ2) is 11.5. The summed E-state index contributed by atoms with van der Waals surface area (Å²) in [6, 6.07) is 31.8. The first kappa shape index (κ1) is 24.2. The third-order valence-electron chi connectivity index (χ3n) is 5.58. The Kier molecular flexibility index (Phi) is 7.73. The molecule has 0 radical (unpaired) electrons. The molecule has 36 heavy (non-hydrogen) atoms. The molecule has 0 heterocycles. The van der Waals surface area contributed by atoms with Crippen LogP contribution in [0.5, 0.6) is 0 Å². The van der Waals surface area contributed by atoms with Crippen molar-refractivity contribution in [2.75, 3.05) is 21.7 Å². The molecule has 0 saturated heterocycles. The normalized spacial score (nSPS) is 10.5. The number of rotatable bonds is 8. The summed E-state index contributed by atoms with van der Waals surface area (Å²) in [6.45, 7) is 0. The first-order chi connectivity index (χ1) is 17.5. The first-order valence-corrected chi connectivity index (χ1v) is 11.5. The summed E-state index contributed by atoms with van der Waals surface area (Å²) in [7, 11) is 0. The van der Waals surface area contributed by atoms with Crippen LogP contribution in [-0.2, 0) is 16.0 Å². The molecule has 0 saturated carbocycles. The van der Waals surface area contributed by atoms with Crippen molar-refractivity contribution >= 4 is 40.5 Å². The Morgan fingerprint density at radius 1 is 0.611 bits per heavy atom. The van der Waals surface area contributed by atoms with Gasteiger partial charge in [0.25, 0.3) is 5.91 Å². The van der Waals surface area contributed by atoms with Crippen LogP contribution < -0.4 is 21.7 Å². The highest BCUT2D eigenvalue weighted by molar-refractivity contribution is 6.11. The topological polar surface area (TPSA) is 113 Å². The van der Waals surface area contributed by atoms with E-state index in [9.17, 15) is 14.4 Å². The molecule has 5 N–H and O–H groups in total. The Hall–Kier alpha value is -4.91. The minimum Gasteiger partial charge on any atom is -0.397 e. The maximum Gasteiger partial charge on any atom is 0.255 e. The van der Waals surface area contributed by atoms with Gasteiger partial charge in [-0.25, -0.2) is 0 Å². The number of nitrogen functional groups attached to an aromatic ring is 1. The van der Waals surface area contributed by atoms with Gasteiger partial charge in [0.15, 0.2) is 0 Å². The van der Waals surface area contributed by atoms with E-state index < -0.39 is 17.7 Å². The van der Waals surface area contributed by atoms with Gasteiger partial charge >= 0.3 is 0 Å². The highest BCUT2D eigenvalue weighted by Crippen LogP contribution is 2.20. The van der Waals surface area contributed by atoms with Crippen molar-refractivity contribution in [2.24, 2.45) is 5.92 Å². The molecule has 0 fully saturated rings. The van der Waals surface area contributed by atoms with E-state index in [-0.39, 0.29) is 12.3 Å². The van der Waals surface area contributed by atoms with Crippen LogP contribution in [0.3, 0.4) is 0 Å². The number of para-hydroxylation sites is 4. The summed E-state index contributed by atoms with van der Waals surface area (Å²) >= 11 is 0. The van der Waals surface area contributed by atoms with Gasteiger partial charge in [0.05, 0.1) is 11.4 Å². The molecule has 4 aromatic rings. The molecule has 3 amide bonds. The Morgan fingerprint density at radius 2 is 1.11 bits per heavy atom. The molecule has 7 heteroatoms. The van der Waals surface area contributed by atoms with Gasteiger partial charge in [-0.1, -0.05) is 60.7 Å². The highest BCUT2D eigenvalue weighted by atomic mass is 16.2. The Morgan fingerprint density at radius 3 is 1.64 bits per heavy atom. The van der Waals surface area contributed by atoms with E-state index in [0.717, 1.165) is 5.56 Å². The van der Waals surface area contributed by atoms with Crippen molar-refractivity contribution in [3.05, 3.63) is 120 Å². The largest absolute Gasteiger partial charge is 0.397 e. The lowest BCUT2D eigenvalue weighted by Crippen LogP contribution is -2.35. The molecule has 0 aromatic heterocycles. The fourth-order valence-electron chi connectivity index (χ4n) is 3.64. The van der Waals surface area contributed by atoms with E-state index in [1.54, 1.807) is 72.8 Å². The average Bonchev–Trinajstić information content (AvgIpc) is 2.90. The third-order valence-corrected chi connectivity index (χ3v) is 5.58. The predicted octanol–water partition coefficient (Wildman–Crippen LogP) is 4.96. The average molecular weight is 479 g/mol. The molecule has 0 spiro atoms. The first-order valence-electron chi connectivity index (χ1n) is 11.5. The monoisotopic (exact) mass is 478 g/mol. The van der Waals surface area contributed by atoms with E-state index in [2.05, 4.69) is 16.0 Å². The zero-order valence-corrected chi connectivity index (χ0v) is 19.5. The van der Waals surface area contributed by atoms with Crippen LogP contribution in [0.2, 0.25) is 0 Å². The van der Waals surface area contributed by atoms with Crippen molar-refractivity contribution in [3.63, 3.8) is 0 Å². The van der Waals surface area contributed by atoms with Gasteiger partial charge in [0.2, 0.25) is 11.8 Å². The van der Waals surface area contributed by atoms with Crippen LogP contribution in [0.25, 0.3) is 0 Å². The molecule has 0 bridgehead atoms. The summed E-state index contributed by atoms with van der Waals surface area (Å²) in [5.41, 5.74) is 9.28. The maximum atomic E-state index is 13.1. The molecule has 4 aromatic carbocycles. The quantitative estimate of drug-likeness (QED) is 0.212. The number of carbonyl (C=O) groups is 3. The van der Waals surface area contributed by atoms with Gasteiger partial charge in [0, 0.05) is 16.9 Å². The molecule has 4 rings (SSSR count). The van der Waals surface area contributed by atoms with Gasteiger partial charge in [-0.2, -0.15) is 0 Å². The minimum atomic E-state index is -0.991. The molecule has 7 nitrogen and oxygen atoms in total. The van der Waals surface area contributed by atoms with Crippen molar-refractivity contribution in [1.82, 2.24) is 0 Å². The minimum absolute atomic E-state index is 0.158. The van der Waals surface area contributed by atoms with Crippen molar-refractivity contribution < 1.29 is 14.4 Å². The lowest BCUT2D eigenvalue weighted by molar-refractivity contribution is -0.129.